The zero-order valence-corrected chi connectivity index (χ0v) is 10.2. The van der Waals surface area contributed by atoms with Gasteiger partial charge in [0.25, 0.3) is 0 Å². The van der Waals surface area contributed by atoms with Crippen LogP contribution in [0.25, 0.3) is 0 Å². The van der Waals surface area contributed by atoms with E-state index in [1.807, 2.05) is 39.0 Å². The first-order chi connectivity index (χ1) is 6.77. The molecule has 0 amide bonds. The van der Waals surface area contributed by atoms with E-state index in [-0.39, 0.29) is 0 Å². The third kappa shape index (κ3) is 4.01. The van der Waals surface area contributed by atoms with Crippen LogP contribution >= 0.6 is 11.6 Å². The van der Waals surface area contributed by atoms with Gasteiger partial charge in [-0.2, -0.15) is 0 Å². The predicted octanol–water partition coefficient (Wildman–Crippen LogP) is 4.33. The van der Waals surface area contributed by atoms with E-state index in [0.717, 1.165) is 12.2 Å². The summed E-state index contributed by atoms with van der Waals surface area (Å²) in [6, 6.07) is 5.91. The second-order valence-electron chi connectivity index (χ2n) is 2.55. The van der Waals surface area contributed by atoms with Gasteiger partial charge >= 0.3 is 0 Å². The van der Waals surface area contributed by atoms with Crippen molar-refractivity contribution in [2.24, 2.45) is 0 Å². The Balaban J connectivity index is 0.000000791. The van der Waals surface area contributed by atoms with E-state index in [4.69, 9.17) is 16.3 Å². The van der Waals surface area contributed by atoms with Crippen molar-refractivity contribution in [2.45, 2.75) is 34.1 Å². The van der Waals surface area contributed by atoms with E-state index in [9.17, 15) is 0 Å². The smallest absolute Gasteiger partial charge is 0.137 e. The average molecular weight is 215 g/mol. The fourth-order valence-electron chi connectivity index (χ4n) is 1.04. The van der Waals surface area contributed by atoms with Crippen LogP contribution in [0, 0.1) is 0 Å². The van der Waals surface area contributed by atoms with Crippen LogP contribution in [0.1, 0.15) is 33.3 Å². The van der Waals surface area contributed by atoms with Crippen molar-refractivity contribution < 1.29 is 4.74 Å². The van der Waals surface area contributed by atoms with Gasteiger partial charge < -0.3 is 4.74 Å². The van der Waals surface area contributed by atoms with Gasteiger partial charge in [-0.25, -0.2) is 0 Å². The summed E-state index contributed by atoms with van der Waals surface area (Å²) in [6.45, 7) is 8.71. The van der Waals surface area contributed by atoms with Crippen LogP contribution in [0.5, 0.6) is 5.75 Å². The molecule has 0 spiro atoms. The molecule has 2 heteroatoms. The van der Waals surface area contributed by atoms with Gasteiger partial charge in [-0.1, -0.05) is 38.4 Å². The first kappa shape index (κ1) is 13.3. The van der Waals surface area contributed by atoms with Gasteiger partial charge in [0.1, 0.15) is 5.75 Å². The molecule has 0 atom stereocenters. The van der Waals surface area contributed by atoms with Crippen LogP contribution in [0.15, 0.2) is 18.2 Å². The highest BCUT2D eigenvalue weighted by molar-refractivity contribution is 6.32. The molecule has 1 rings (SSSR count). The largest absolute Gasteiger partial charge is 0.492 e. The molecule has 0 aromatic heterocycles. The topological polar surface area (TPSA) is 9.23 Å². The number of aryl methyl sites for hydroxylation is 1. The molecule has 80 valence electrons. The Morgan fingerprint density at radius 1 is 1.21 bits per heavy atom. The Kier molecular flexibility index (Phi) is 7.31. The molecule has 0 saturated carbocycles. The lowest BCUT2D eigenvalue weighted by molar-refractivity contribution is 0.340. The molecular weight excluding hydrogens is 196 g/mol. The second-order valence-corrected chi connectivity index (χ2v) is 2.96. The summed E-state index contributed by atoms with van der Waals surface area (Å²) in [6.07, 6.45) is 1.01. The number of benzene rings is 1. The van der Waals surface area contributed by atoms with Crippen molar-refractivity contribution in [1.82, 2.24) is 0 Å². The molecule has 0 aliphatic heterocycles. The molecule has 0 radical (unpaired) electrons. The number of rotatable bonds is 3. The molecule has 0 bridgehead atoms. The van der Waals surface area contributed by atoms with Gasteiger partial charge in [-0.05, 0) is 31.0 Å². The third-order valence-electron chi connectivity index (χ3n) is 1.70. The molecule has 0 aliphatic rings. The molecule has 14 heavy (non-hydrogen) atoms. The number of hydrogen-bond acceptors (Lipinski definition) is 1. The molecule has 0 fully saturated rings. The lowest BCUT2D eigenvalue weighted by Gasteiger charge is -2.06. The fraction of sp³-hybridized carbons (Fsp3) is 0.500. The Morgan fingerprint density at radius 2 is 1.86 bits per heavy atom. The monoisotopic (exact) mass is 214 g/mol. The summed E-state index contributed by atoms with van der Waals surface area (Å²) >= 11 is 5.96. The molecule has 0 aliphatic carbocycles. The van der Waals surface area contributed by atoms with Crippen LogP contribution in [0.4, 0.5) is 0 Å². The van der Waals surface area contributed by atoms with Crippen molar-refractivity contribution in [3.8, 4) is 5.75 Å². The van der Waals surface area contributed by atoms with Gasteiger partial charge in [0.05, 0.1) is 11.6 Å². The highest BCUT2D eigenvalue weighted by Crippen LogP contribution is 2.25. The summed E-state index contributed by atoms with van der Waals surface area (Å²) in [5.41, 5.74) is 1.24. The van der Waals surface area contributed by atoms with Crippen LogP contribution in [0.3, 0.4) is 0 Å². The van der Waals surface area contributed by atoms with E-state index in [1.165, 1.54) is 5.56 Å². The number of hydrogen-bond donors (Lipinski definition) is 0. The van der Waals surface area contributed by atoms with Gasteiger partial charge in [0.15, 0.2) is 0 Å². The van der Waals surface area contributed by atoms with Gasteiger partial charge in [-0.3, -0.25) is 0 Å². The highest BCUT2D eigenvalue weighted by atomic mass is 35.5. The molecule has 1 aromatic rings. The zero-order valence-electron chi connectivity index (χ0n) is 9.43. The summed E-state index contributed by atoms with van der Waals surface area (Å²) < 4.78 is 5.30. The van der Waals surface area contributed by atoms with Crippen LogP contribution < -0.4 is 4.74 Å². The van der Waals surface area contributed by atoms with E-state index in [0.29, 0.717) is 11.6 Å². The van der Waals surface area contributed by atoms with Gasteiger partial charge in [0.2, 0.25) is 0 Å². The van der Waals surface area contributed by atoms with Gasteiger partial charge in [0, 0.05) is 0 Å². The standard InChI is InChI=1S/C10H13ClO.C2H6/c1-3-8-5-6-10(12-4-2)9(11)7-8;1-2/h5-7H,3-4H2,1-2H3;1-2H3. The van der Waals surface area contributed by atoms with E-state index < -0.39 is 0 Å². The van der Waals surface area contributed by atoms with Crippen molar-refractivity contribution in [3.63, 3.8) is 0 Å². The van der Waals surface area contributed by atoms with Crippen molar-refractivity contribution in [1.29, 1.82) is 0 Å². The predicted molar refractivity (Wildman–Crippen MR) is 63.3 cm³/mol. The van der Waals surface area contributed by atoms with Crippen molar-refractivity contribution in [3.05, 3.63) is 28.8 Å². The first-order valence-electron chi connectivity index (χ1n) is 5.19. The molecule has 1 aromatic carbocycles. The maximum Gasteiger partial charge on any atom is 0.137 e. The molecule has 1 nitrogen and oxygen atoms in total. The zero-order chi connectivity index (χ0) is 11.0. The van der Waals surface area contributed by atoms with Crippen LogP contribution in [0.2, 0.25) is 5.02 Å². The average Bonchev–Trinajstić information content (AvgIpc) is 2.24. The summed E-state index contributed by atoms with van der Waals surface area (Å²) in [5.74, 6) is 0.774. The molecular formula is C12H19ClO. The molecule has 0 heterocycles. The summed E-state index contributed by atoms with van der Waals surface area (Å²) in [5, 5.41) is 0.705. The Morgan fingerprint density at radius 3 is 2.29 bits per heavy atom. The summed E-state index contributed by atoms with van der Waals surface area (Å²) in [4.78, 5) is 0. The van der Waals surface area contributed by atoms with Crippen molar-refractivity contribution in [2.75, 3.05) is 6.61 Å². The first-order valence-corrected chi connectivity index (χ1v) is 5.57. The Hall–Kier alpha value is -0.690. The fourth-order valence-corrected chi connectivity index (χ4v) is 1.29. The van der Waals surface area contributed by atoms with Gasteiger partial charge in [-0.15, -0.1) is 0 Å². The van der Waals surface area contributed by atoms with E-state index in [2.05, 4.69) is 6.92 Å². The minimum atomic E-state index is 0.658. The second kappa shape index (κ2) is 7.69. The quantitative estimate of drug-likeness (QED) is 0.728. The molecule has 0 N–H and O–H groups in total. The minimum Gasteiger partial charge on any atom is -0.492 e. The lowest BCUT2D eigenvalue weighted by Crippen LogP contribution is -1.92. The normalized spacial score (nSPS) is 8.93. The van der Waals surface area contributed by atoms with Crippen molar-refractivity contribution >= 4 is 11.6 Å². The third-order valence-corrected chi connectivity index (χ3v) is 2.00. The SMILES string of the molecule is CC.CCOc1ccc(CC)cc1Cl. The Bertz CT molecular complexity index is 258. The van der Waals surface area contributed by atoms with E-state index in [1.54, 1.807) is 0 Å². The molecule has 0 unspecified atom stereocenters. The minimum absolute atomic E-state index is 0.658. The Labute approximate surface area is 92.0 Å². The van der Waals surface area contributed by atoms with Crippen LogP contribution in [-0.2, 0) is 6.42 Å². The lowest BCUT2D eigenvalue weighted by atomic mass is 10.2. The number of ether oxygens (including phenoxy) is 1. The highest BCUT2D eigenvalue weighted by Gasteiger charge is 2.00. The number of halogens is 1. The molecule has 0 saturated heterocycles. The van der Waals surface area contributed by atoms with Crippen LogP contribution in [-0.4, -0.2) is 6.61 Å². The summed E-state index contributed by atoms with van der Waals surface area (Å²) in [7, 11) is 0. The maximum absolute atomic E-state index is 5.96. The van der Waals surface area contributed by atoms with E-state index >= 15 is 0 Å². The maximum atomic E-state index is 5.96.